The number of aromatic nitrogens is 1. The maximum absolute atomic E-state index is 13.5. The number of hydrogen-bond donors (Lipinski definition) is 2. The van der Waals surface area contributed by atoms with Gasteiger partial charge in [0.15, 0.2) is 0 Å². The highest BCUT2D eigenvalue weighted by atomic mass is 19.1. The number of carbonyl (C=O) groups excluding carboxylic acids is 2. The van der Waals surface area contributed by atoms with E-state index in [1.54, 1.807) is 6.07 Å². The summed E-state index contributed by atoms with van der Waals surface area (Å²) in [6.07, 6.45) is 0. The topological polar surface area (TPSA) is 80.3 Å². The number of methoxy groups -OCH3 is 1. The molecule has 6 nitrogen and oxygen atoms in total. The third kappa shape index (κ3) is 4.58. The van der Waals surface area contributed by atoms with Crippen LogP contribution in [0.4, 0.5) is 10.1 Å². The Labute approximate surface area is 132 Å². The molecule has 0 aliphatic heterocycles. The van der Waals surface area contributed by atoms with Crippen molar-refractivity contribution in [3.05, 3.63) is 59.7 Å². The number of para-hydroxylation sites is 1. The van der Waals surface area contributed by atoms with E-state index in [1.807, 2.05) is 0 Å². The van der Waals surface area contributed by atoms with E-state index in [0.29, 0.717) is 13.2 Å². The Morgan fingerprint density at radius 1 is 1.09 bits per heavy atom. The molecule has 0 saturated carbocycles. The fourth-order valence-corrected chi connectivity index (χ4v) is 1.79. The number of nitrogens with one attached hydrogen (secondary N) is 2. The number of rotatable bonds is 6. The van der Waals surface area contributed by atoms with Crippen molar-refractivity contribution in [2.24, 2.45) is 0 Å². The number of halogens is 1. The average Bonchev–Trinajstić information content (AvgIpc) is 2.57. The van der Waals surface area contributed by atoms with Crippen LogP contribution in [0.5, 0.6) is 0 Å². The molecule has 0 unspecified atom stereocenters. The first-order valence-electron chi connectivity index (χ1n) is 6.92. The molecule has 1 aromatic heterocycles. The lowest BCUT2D eigenvalue weighted by Gasteiger charge is -2.07. The van der Waals surface area contributed by atoms with Crippen LogP contribution in [0.2, 0.25) is 0 Å². The van der Waals surface area contributed by atoms with Gasteiger partial charge in [-0.1, -0.05) is 18.2 Å². The summed E-state index contributed by atoms with van der Waals surface area (Å²) in [7, 11) is 1.53. The lowest BCUT2D eigenvalue weighted by molar-refractivity contribution is 0.0932. The Kier molecular flexibility index (Phi) is 5.76. The van der Waals surface area contributed by atoms with Crippen LogP contribution >= 0.6 is 0 Å². The SMILES string of the molecule is COCCNC(=O)c1cccc(C(=O)Nc2ccccc2F)n1. The van der Waals surface area contributed by atoms with E-state index in [9.17, 15) is 14.0 Å². The Balaban J connectivity index is 2.08. The van der Waals surface area contributed by atoms with Crippen molar-refractivity contribution in [3.63, 3.8) is 0 Å². The van der Waals surface area contributed by atoms with Crippen molar-refractivity contribution < 1.29 is 18.7 Å². The number of hydrogen-bond acceptors (Lipinski definition) is 4. The maximum atomic E-state index is 13.5. The van der Waals surface area contributed by atoms with E-state index in [0.717, 1.165) is 0 Å². The second-order valence-corrected chi connectivity index (χ2v) is 4.59. The molecule has 120 valence electrons. The van der Waals surface area contributed by atoms with Crippen LogP contribution < -0.4 is 10.6 Å². The highest BCUT2D eigenvalue weighted by Crippen LogP contribution is 2.13. The normalized spacial score (nSPS) is 10.2. The molecule has 1 aromatic carbocycles. The molecule has 0 radical (unpaired) electrons. The van der Waals surface area contributed by atoms with Crippen LogP contribution in [0.15, 0.2) is 42.5 Å². The number of ether oxygens (including phenoxy) is 1. The number of pyridine rings is 1. The second-order valence-electron chi connectivity index (χ2n) is 4.59. The van der Waals surface area contributed by atoms with Crippen LogP contribution in [0.1, 0.15) is 21.0 Å². The van der Waals surface area contributed by atoms with Gasteiger partial charge in [-0.05, 0) is 24.3 Å². The van der Waals surface area contributed by atoms with Crippen molar-refractivity contribution in [3.8, 4) is 0 Å². The summed E-state index contributed by atoms with van der Waals surface area (Å²) in [4.78, 5) is 28.0. The second kappa shape index (κ2) is 8.00. The molecule has 2 rings (SSSR count). The summed E-state index contributed by atoms with van der Waals surface area (Å²) in [5, 5.41) is 5.02. The molecule has 0 fully saturated rings. The molecule has 23 heavy (non-hydrogen) atoms. The van der Waals surface area contributed by atoms with E-state index < -0.39 is 17.6 Å². The van der Waals surface area contributed by atoms with Gasteiger partial charge >= 0.3 is 0 Å². The average molecular weight is 317 g/mol. The van der Waals surface area contributed by atoms with Gasteiger partial charge in [-0.2, -0.15) is 0 Å². The zero-order valence-corrected chi connectivity index (χ0v) is 12.5. The molecule has 0 aliphatic rings. The molecule has 7 heteroatoms. The Hall–Kier alpha value is -2.80. The summed E-state index contributed by atoms with van der Waals surface area (Å²) in [6.45, 7) is 0.710. The van der Waals surface area contributed by atoms with E-state index in [-0.39, 0.29) is 17.1 Å². The molecule has 2 N–H and O–H groups in total. The zero-order chi connectivity index (χ0) is 16.7. The monoisotopic (exact) mass is 317 g/mol. The standard InChI is InChI=1S/C16H16FN3O3/c1-23-10-9-18-15(21)13-7-4-8-14(19-13)16(22)20-12-6-3-2-5-11(12)17/h2-8H,9-10H2,1H3,(H,18,21)(H,20,22). The molecule has 2 amide bonds. The first-order chi connectivity index (χ1) is 11.1. The van der Waals surface area contributed by atoms with Crippen molar-refractivity contribution >= 4 is 17.5 Å². The van der Waals surface area contributed by atoms with Crippen molar-refractivity contribution in [1.29, 1.82) is 0 Å². The van der Waals surface area contributed by atoms with E-state index in [1.165, 1.54) is 43.5 Å². The first-order valence-corrected chi connectivity index (χ1v) is 6.92. The van der Waals surface area contributed by atoms with Gasteiger partial charge in [-0.25, -0.2) is 9.37 Å². The van der Waals surface area contributed by atoms with Crippen LogP contribution in [0, 0.1) is 5.82 Å². The van der Waals surface area contributed by atoms with Crippen LogP contribution in [-0.2, 0) is 4.74 Å². The number of nitrogens with zero attached hydrogens (tertiary/aromatic N) is 1. The van der Waals surface area contributed by atoms with Crippen LogP contribution in [0.25, 0.3) is 0 Å². The van der Waals surface area contributed by atoms with Gasteiger partial charge in [0.2, 0.25) is 0 Å². The van der Waals surface area contributed by atoms with Gasteiger partial charge in [0.05, 0.1) is 12.3 Å². The third-order valence-corrected chi connectivity index (χ3v) is 2.93. The number of anilines is 1. The molecule has 1 heterocycles. The molecule has 0 spiro atoms. The number of benzene rings is 1. The fraction of sp³-hybridized carbons (Fsp3) is 0.188. The van der Waals surface area contributed by atoms with Gasteiger partial charge in [0, 0.05) is 13.7 Å². The van der Waals surface area contributed by atoms with Crippen molar-refractivity contribution in [2.45, 2.75) is 0 Å². The third-order valence-electron chi connectivity index (χ3n) is 2.93. The lowest BCUT2D eigenvalue weighted by Crippen LogP contribution is -2.28. The Bertz CT molecular complexity index is 706. The zero-order valence-electron chi connectivity index (χ0n) is 12.5. The highest BCUT2D eigenvalue weighted by Gasteiger charge is 2.13. The Morgan fingerprint density at radius 2 is 1.78 bits per heavy atom. The van der Waals surface area contributed by atoms with Crippen molar-refractivity contribution in [1.82, 2.24) is 10.3 Å². The molecular formula is C16H16FN3O3. The molecule has 0 atom stereocenters. The van der Waals surface area contributed by atoms with E-state index in [4.69, 9.17) is 4.74 Å². The summed E-state index contributed by atoms with van der Waals surface area (Å²) in [6, 6.07) is 10.3. The fourth-order valence-electron chi connectivity index (χ4n) is 1.79. The first kappa shape index (κ1) is 16.6. The van der Waals surface area contributed by atoms with Crippen LogP contribution in [-0.4, -0.2) is 37.1 Å². The van der Waals surface area contributed by atoms with Crippen molar-refractivity contribution in [2.75, 3.05) is 25.6 Å². The molecule has 0 aliphatic carbocycles. The Morgan fingerprint density at radius 3 is 2.48 bits per heavy atom. The van der Waals surface area contributed by atoms with Gasteiger partial charge in [-0.15, -0.1) is 0 Å². The largest absolute Gasteiger partial charge is 0.383 e. The molecule has 0 bridgehead atoms. The van der Waals surface area contributed by atoms with E-state index in [2.05, 4.69) is 15.6 Å². The summed E-state index contributed by atoms with van der Waals surface area (Å²) < 4.78 is 18.4. The predicted octanol–water partition coefficient (Wildman–Crippen LogP) is 1.85. The molecular weight excluding hydrogens is 301 g/mol. The maximum Gasteiger partial charge on any atom is 0.274 e. The minimum Gasteiger partial charge on any atom is -0.383 e. The van der Waals surface area contributed by atoms with Crippen LogP contribution in [0.3, 0.4) is 0 Å². The smallest absolute Gasteiger partial charge is 0.274 e. The minimum atomic E-state index is -0.596. The summed E-state index contributed by atoms with van der Waals surface area (Å²) >= 11 is 0. The summed E-state index contributed by atoms with van der Waals surface area (Å²) in [5.41, 5.74) is 0.171. The number of carbonyl (C=O) groups is 2. The number of amides is 2. The van der Waals surface area contributed by atoms with Gasteiger partial charge in [0.1, 0.15) is 17.2 Å². The van der Waals surface area contributed by atoms with Gasteiger partial charge in [0.25, 0.3) is 11.8 Å². The lowest BCUT2D eigenvalue weighted by atomic mass is 10.2. The van der Waals surface area contributed by atoms with Gasteiger partial charge < -0.3 is 15.4 Å². The van der Waals surface area contributed by atoms with Gasteiger partial charge in [-0.3, -0.25) is 9.59 Å². The quantitative estimate of drug-likeness (QED) is 0.797. The molecule has 2 aromatic rings. The molecule has 0 saturated heterocycles. The van der Waals surface area contributed by atoms with E-state index >= 15 is 0 Å². The summed E-state index contributed by atoms with van der Waals surface area (Å²) in [5.74, 6) is -1.56. The highest BCUT2D eigenvalue weighted by molar-refractivity contribution is 6.03. The minimum absolute atomic E-state index is 0.0210. The predicted molar refractivity (Wildman–Crippen MR) is 82.8 cm³/mol.